The van der Waals surface area contributed by atoms with E-state index in [0.717, 1.165) is 42.6 Å². The molecule has 0 aliphatic carbocycles. The molecule has 4 rings (SSSR count). The average molecular weight is 327 g/mol. The average Bonchev–Trinajstić information content (AvgIpc) is 2.91. The van der Waals surface area contributed by atoms with Crippen LogP contribution in [-0.4, -0.2) is 12.5 Å². The lowest BCUT2D eigenvalue weighted by Gasteiger charge is -2.23. The van der Waals surface area contributed by atoms with Crippen molar-refractivity contribution in [2.75, 3.05) is 11.4 Å². The highest BCUT2D eigenvalue weighted by atomic mass is 16.2. The Morgan fingerprint density at radius 2 is 1.40 bits per heavy atom. The third-order valence-corrected chi connectivity index (χ3v) is 4.84. The highest BCUT2D eigenvalue weighted by molar-refractivity contribution is 6.06. The summed E-state index contributed by atoms with van der Waals surface area (Å²) in [7, 11) is 0. The zero-order valence-electron chi connectivity index (χ0n) is 14.2. The predicted octanol–water partition coefficient (Wildman–Crippen LogP) is 5.34. The topological polar surface area (TPSA) is 20.3 Å². The van der Waals surface area contributed by atoms with Gasteiger partial charge < -0.3 is 4.90 Å². The Kier molecular flexibility index (Phi) is 4.34. The first kappa shape index (κ1) is 15.6. The Labute approximate surface area is 148 Å². The molecule has 3 aromatic carbocycles. The van der Waals surface area contributed by atoms with Crippen LogP contribution in [0, 0.1) is 0 Å². The van der Waals surface area contributed by atoms with Crippen molar-refractivity contribution in [3.8, 4) is 11.1 Å². The van der Waals surface area contributed by atoms with E-state index in [0.29, 0.717) is 0 Å². The Morgan fingerprint density at radius 1 is 0.720 bits per heavy atom. The van der Waals surface area contributed by atoms with Gasteiger partial charge in [0.15, 0.2) is 0 Å². The summed E-state index contributed by atoms with van der Waals surface area (Å²) < 4.78 is 0. The lowest BCUT2D eigenvalue weighted by atomic mass is 10.0. The van der Waals surface area contributed by atoms with Gasteiger partial charge in [-0.05, 0) is 54.2 Å². The molecule has 0 spiro atoms. The van der Waals surface area contributed by atoms with Gasteiger partial charge in [0.05, 0.1) is 0 Å². The van der Waals surface area contributed by atoms with Crippen LogP contribution in [-0.2, 0) is 6.42 Å². The molecule has 0 unspecified atom stereocenters. The van der Waals surface area contributed by atoms with Crippen LogP contribution in [0.1, 0.15) is 28.8 Å². The van der Waals surface area contributed by atoms with Crippen LogP contribution < -0.4 is 4.90 Å². The molecule has 1 amide bonds. The monoisotopic (exact) mass is 327 g/mol. The van der Waals surface area contributed by atoms with Crippen molar-refractivity contribution in [2.24, 2.45) is 0 Å². The summed E-state index contributed by atoms with van der Waals surface area (Å²) in [5, 5.41) is 0. The molecule has 2 nitrogen and oxygen atoms in total. The third kappa shape index (κ3) is 3.20. The van der Waals surface area contributed by atoms with Gasteiger partial charge in [-0.15, -0.1) is 0 Å². The second-order valence-electron chi connectivity index (χ2n) is 6.49. The summed E-state index contributed by atoms with van der Waals surface area (Å²) in [6, 6.07) is 26.5. The largest absolute Gasteiger partial charge is 0.308 e. The van der Waals surface area contributed by atoms with Crippen LogP contribution in [0.4, 0.5) is 5.69 Å². The molecule has 0 N–H and O–H groups in total. The number of rotatable bonds is 2. The number of para-hydroxylation sites is 1. The van der Waals surface area contributed by atoms with Gasteiger partial charge in [0.25, 0.3) is 5.91 Å². The normalized spacial score (nSPS) is 13.8. The van der Waals surface area contributed by atoms with Crippen LogP contribution in [0.5, 0.6) is 0 Å². The number of benzene rings is 3. The quantitative estimate of drug-likeness (QED) is 0.622. The number of amides is 1. The molecular formula is C23H21NO. The molecule has 2 heteroatoms. The summed E-state index contributed by atoms with van der Waals surface area (Å²) >= 11 is 0. The highest BCUT2D eigenvalue weighted by Gasteiger charge is 2.21. The molecular weight excluding hydrogens is 306 g/mol. The van der Waals surface area contributed by atoms with Gasteiger partial charge in [0.1, 0.15) is 0 Å². The fraction of sp³-hybridized carbons (Fsp3) is 0.174. The van der Waals surface area contributed by atoms with Gasteiger partial charge >= 0.3 is 0 Å². The number of anilines is 1. The maximum Gasteiger partial charge on any atom is 0.258 e. The molecule has 0 saturated heterocycles. The van der Waals surface area contributed by atoms with Gasteiger partial charge in [-0.25, -0.2) is 0 Å². The van der Waals surface area contributed by atoms with E-state index in [9.17, 15) is 4.79 Å². The van der Waals surface area contributed by atoms with Gasteiger partial charge in [0.2, 0.25) is 0 Å². The molecule has 0 radical (unpaired) electrons. The minimum absolute atomic E-state index is 0.0916. The predicted molar refractivity (Wildman–Crippen MR) is 103 cm³/mol. The van der Waals surface area contributed by atoms with Crippen LogP contribution in [0.15, 0.2) is 78.9 Å². The molecule has 0 atom stereocenters. The summed E-state index contributed by atoms with van der Waals surface area (Å²) in [4.78, 5) is 15.0. The molecule has 124 valence electrons. The SMILES string of the molecule is O=C(c1ccc(-c2ccccc2)cc1)N1CCCCc2ccccc21. The molecule has 1 aliphatic rings. The van der Waals surface area contributed by atoms with Crippen molar-refractivity contribution >= 4 is 11.6 Å². The third-order valence-electron chi connectivity index (χ3n) is 4.84. The lowest BCUT2D eigenvalue weighted by molar-refractivity contribution is 0.0987. The molecule has 0 saturated carbocycles. The van der Waals surface area contributed by atoms with E-state index < -0.39 is 0 Å². The zero-order valence-corrected chi connectivity index (χ0v) is 14.2. The molecule has 0 fully saturated rings. The van der Waals surface area contributed by atoms with E-state index in [2.05, 4.69) is 30.3 Å². The molecule has 0 aromatic heterocycles. The van der Waals surface area contributed by atoms with Gasteiger partial charge in [-0.2, -0.15) is 0 Å². The fourth-order valence-corrected chi connectivity index (χ4v) is 3.49. The molecule has 0 bridgehead atoms. The zero-order chi connectivity index (χ0) is 17.1. The number of carbonyl (C=O) groups excluding carboxylic acids is 1. The Bertz CT molecular complexity index is 868. The van der Waals surface area contributed by atoms with E-state index in [1.807, 2.05) is 53.4 Å². The number of hydrogen-bond donors (Lipinski definition) is 0. The van der Waals surface area contributed by atoms with E-state index in [1.54, 1.807) is 0 Å². The number of nitrogens with zero attached hydrogens (tertiary/aromatic N) is 1. The van der Waals surface area contributed by atoms with Crippen molar-refractivity contribution < 1.29 is 4.79 Å². The smallest absolute Gasteiger partial charge is 0.258 e. The summed E-state index contributed by atoms with van der Waals surface area (Å²) in [5.41, 5.74) is 5.39. The van der Waals surface area contributed by atoms with E-state index >= 15 is 0 Å². The molecule has 1 aliphatic heterocycles. The summed E-state index contributed by atoms with van der Waals surface area (Å²) in [6.07, 6.45) is 3.23. The summed E-state index contributed by atoms with van der Waals surface area (Å²) in [6.45, 7) is 0.788. The van der Waals surface area contributed by atoms with E-state index in [4.69, 9.17) is 0 Å². The van der Waals surface area contributed by atoms with Crippen molar-refractivity contribution in [2.45, 2.75) is 19.3 Å². The van der Waals surface area contributed by atoms with Crippen LogP contribution in [0.25, 0.3) is 11.1 Å². The molecule has 1 heterocycles. The van der Waals surface area contributed by atoms with Crippen LogP contribution >= 0.6 is 0 Å². The highest BCUT2D eigenvalue weighted by Crippen LogP contribution is 2.28. The first-order valence-corrected chi connectivity index (χ1v) is 8.88. The van der Waals surface area contributed by atoms with E-state index in [-0.39, 0.29) is 5.91 Å². The van der Waals surface area contributed by atoms with Gasteiger partial charge in [-0.3, -0.25) is 4.79 Å². The maximum absolute atomic E-state index is 13.1. The first-order chi connectivity index (χ1) is 12.3. The minimum Gasteiger partial charge on any atom is -0.308 e. The first-order valence-electron chi connectivity index (χ1n) is 8.88. The second kappa shape index (κ2) is 6.94. The lowest BCUT2D eigenvalue weighted by Crippen LogP contribution is -2.31. The number of aryl methyl sites for hydroxylation is 1. The van der Waals surface area contributed by atoms with Crippen LogP contribution in [0.3, 0.4) is 0 Å². The Morgan fingerprint density at radius 3 is 2.20 bits per heavy atom. The standard InChI is InChI=1S/C23H21NO/c25-23(24-17-7-6-11-20-10-4-5-12-22(20)24)21-15-13-19(14-16-21)18-8-2-1-3-9-18/h1-5,8-10,12-16H,6-7,11,17H2. The van der Waals surface area contributed by atoms with Crippen molar-refractivity contribution in [1.29, 1.82) is 0 Å². The Balaban J connectivity index is 1.63. The summed E-state index contributed by atoms with van der Waals surface area (Å²) in [5.74, 6) is 0.0916. The Hall–Kier alpha value is -2.87. The number of hydrogen-bond acceptors (Lipinski definition) is 1. The minimum atomic E-state index is 0.0916. The number of fused-ring (bicyclic) bond motifs is 1. The fourth-order valence-electron chi connectivity index (χ4n) is 3.49. The van der Waals surface area contributed by atoms with E-state index in [1.165, 1.54) is 11.1 Å². The van der Waals surface area contributed by atoms with Crippen molar-refractivity contribution in [3.05, 3.63) is 90.0 Å². The van der Waals surface area contributed by atoms with Crippen molar-refractivity contribution in [1.82, 2.24) is 0 Å². The maximum atomic E-state index is 13.1. The van der Waals surface area contributed by atoms with Crippen LogP contribution in [0.2, 0.25) is 0 Å². The molecule has 3 aromatic rings. The number of carbonyl (C=O) groups is 1. The van der Waals surface area contributed by atoms with Gasteiger partial charge in [0, 0.05) is 17.8 Å². The molecule has 25 heavy (non-hydrogen) atoms. The van der Waals surface area contributed by atoms with Gasteiger partial charge in [-0.1, -0.05) is 60.7 Å². The second-order valence-corrected chi connectivity index (χ2v) is 6.49. The van der Waals surface area contributed by atoms with Crippen molar-refractivity contribution in [3.63, 3.8) is 0 Å².